The summed E-state index contributed by atoms with van der Waals surface area (Å²) in [6.45, 7) is 0. The second kappa shape index (κ2) is 6.34. The summed E-state index contributed by atoms with van der Waals surface area (Å²) in [5, 5.41) is 2.79. The summed E-state index contributed by atoms with van der Waals surface area (Å²) >= 11 is 10.2. The number of anilines is 1. The van der Waals surface area contributed by atoms with Crippen LogP contribution in [-0.4, -0.2) is 10.9 Å². The predicted molar refractivity (Wildman–Crippen MR) is 91.7 cm³/mol. The standard InChI is InChI=1S/C15H7BrClF3N2OS/c16-7-4-5-10(17)8(6-7)13(23)22-14-21-12-9(15(18,19)20)2-1-3-11(12)24-14/h1-6H,(H,21,22,23). The van der Waals surface area contributed by atoms with Crippen LogP contribution in [0.1, 0.15) is 15.9 Å². The number of hydrogen-bond donors (Lipinski definition) is 1. The molecule has 0 aliphatic rings. The van der Waals surface area contributed by atoms with Gasteiger partial charge in [0.2, 0.25) is 0 Å². The van der Waals surface area contributed by atoms with E-state index in [1.165, 1.54) is 18.2 Å². The highest BCUT2D eigenvalue weighted by molar-refractivity contribution is 9.10. The highest BCUT2D eigenvalue weighted by atomic mass is 79.9. The van der Waals surface area contributed by atoms with Gasteiger partial charge in [-0.1, -0.05) is 44.9 Å². The molecule has 3 nitrogen and oxygen atoms in total. The second-order valence-electron chi connectivity index (χ2n) is 4.75. The van der Waals surface area contributed by atoms with Crippen molar-refractivity contribution in [1.29, 1.82) is 0 Å². The van der Waals surface area contributed by atoms with Gasteiger partial charge in [0.25, 0.3) is 5.91 Å². The lowest BCUT2D eigenvalue weighted by Crippen LogP contribution is -2.12. The topological polar surface area (TPSA) is 42.0 Å². The lowest BCUT2D eigenvalue weighted by Gasteiger charge is -2.06. The van der Waals surface area contributed by atoms with Crippen LogP contribution in [0.5, 0.6) is 0 Å². The summed E-state index contributed by atoms with van der Waals surface area (Å²) in [5.41, 5.74) is -0.829. The number of thiazole rings is 1. The zero-order valence-electron chi connectivity index (χ0n) is 11.6. The van der Waals surface area contributed by atoms with Crippen molar-refractivity contribution < 1.29 is 18.0 Å². The molecule has 24 heavy (non-hydrogen) atoms. The average molecular weight is 436 g/mol. The molecule has 0 aliphatic heterocycles. The minimum Gasteiger partial charge on any atom is -0.298 e. The number of alkyl halides is 3. The molecular weight excluding hydrogens is 429 g/mol. The largest absolute Gasteiger partial charge is 0.418 e. The molecule has 0 radical (unpaired) electrons. The predicted octanol–water partition coefficient (Wildman–Crippen LogP) is 5.98. The summed E-state index contributed by atoms with van der Waals surface area (Å²) in [4.78, 5) is 16.2. The number of hydrogen-bond acceptors (Lipinski definition) is 3. The second-order valence-corrected chi connectivity index (χ2v) is 7.10. The number of fused-ring (bicyclic) bond motifs is 1. The molecule has 2 aromatic carbocycles. The SMILES string of the molecule is O=C(Nc1nc2c(C(F)(F)F)cccc2s1)c1cc(Br)ccc1Cl. The van der Waals surface area contributed by atoms with Crippen LogP contribution >= 0.6 is 38.9 Å². The van der Waals surface area contributed by atoms with Gasteiger partial charge >= 0.3 is 6.18 Å². The summed E-state index contributed by atoms with van der Waals surface area (Å²) < 4.78 is 40.0. The smallest absolute Gasteiger partial charge is 0.298 e. The van der Waals surface area contributed by atoms with E-state index in [1.54, 1.807) is 12.1 Å². The highest BCUT2D eigenvalue weighted by Crippen LogP contribution is 2.37. The van der Waals surface area contributed by atoms with E-state index in [1.807, 2.05) is 0 Å². The van der Waals surface area contributed by atoms with Crippen molar-refractivity contribution in [2.75, 3.05) is 5.32 Å². The van der Waals surface area contributed by atoms with Gasteiger partial charge in [0.05, 0.1) is 26.4 Å². The first-order valence-corrected chi connectivity index (χ1v) is 8.47. The Morgan fingerprint density at radius 1 is 1.25 bits per heavy atom. The Kier molecular flexibility index (Phi) is 4.54. The Bertz CT molecular complexity index is 942. The number of halogens is 5. The molecule has 0 fully saturated rings. The van der Waals surface area contributed by atoms with Crippen molar-refractivity contribution in [1.82, 2.24) is 4.98 Å². The lowest BCUT2D eigenvalue weighted by molar-refractivity contribution is -0.136. The Labute approximate surface area is 151 Å². The minimum absolute atomic E-state index is 0.0720. The van der Waals surface area contributed by atoms with Gasteiger partial charge in [-0.05, 0) is 30.3 Å². The van der Waals surface area contributed by atoms with E-state index in [0.29, 0.717) is 9.17 Å². The fourth-order valence-electron chi connectivity index (χ4n) is 2.07. The van der Waals surface area contributed by atoms with Gasteiger partial charge in [0.15, 0.2) is 5.13 Å². The summed E-state index contributed by atoms with van der Waals surface area (Å²) in [6, 6.07) is 8.52. The number of rotatable bonds is 2. The molecule has 1 heterocycles. The van der Waals surface area contributed by atoms with Gasteiger partial charge in [0.1, 0.15) is 0 Å². The highest BCUT2D eigenvalue weighted by Gasteiger charge is 2.33. The third-order valence-corrected chi connectivity index (χ3v) is 4.88. The molecule has 0 saturated carbocycles. The first-order valence-electron chi connectivity index (χ1n) is 6.49. The Morgan fingerprint density at radius 3 is 2.71 bits per heavy atom. The maximum Gasteiger partial charge on any atom is 0.418 e. The van der Waals surface area contributed by atoms with E-state index in [9.17, 15) is 18.0 Å². The van der Waals surface area contributed by atoms with Crippen LogP contribution in [0.4, 0.5) is 18.3 Å². The van der Waals surface area contributed by atoms with Crippen molar-refractivity contribution >= 4 is 60.1 Å². The normalized spacial score (nSPS) is 11.7. The first kappa shape index (κ1) is 17.2. The van der Waals surface area contributed by atoms with Crippen molar-refractivity contribution in [3.05, 3.63) is 57.0 Å². The lowest BCUT2D eigenvalue weighted by atomic mass is 10.2. The molecule has 0 saturated heterocycles. The van der Waals surface area contributed by atoms with Crippen molar-refractivity contribution in [3.63, 3.8) is 0 Å². The molecule has 1 aromatic heterocycles. The molecule has 124 valence electrons. The number of nitrogens with one attached hydrogen (secondary N) is 1. The number of benzene rings is 2. The van der Waals surface area contributed by atoms with E-state index in [2.05, 4.69) is 26.2 Å². The van der Waals surface area contributed by atoms with Gasteiger partial charge in [0, 0.05) is 4.47 Å². The van der Waals surface area contributed by atoms with Crippen LogP contribution in [0.15, 0.2) is 40.9 Å². The Balaban J connectivity index is 1.96. The fraction of sp³-hybridized carbons (Fsp3) is 0.0667. The number of carbonyl (C=O) groups excluding carboxylic acids is 1. The molecule has 1 amide bonds. The molecule has 3 rings (SSSR count). The number of nitrogens with zero attached hydrogens (tertiary/aromatic N) is 1. The summed E-state index contributed by atoms with van der Waals surface area (Å²) in [6.07, 6.45) is -4.51. The van der Waals surface area contributed by atoms with Gasteiger partial charge in [-0.25, -0.2) is 4.98 Å². The molecule has 0 spiro atoms. The molecular formula is C15H7BrClF3N2OS. The molecule has 0 atom stereocenters. The van der Waals surface area contributed by atoms with Crippen LogP contribution in [0.2, 0.25) is 5.02 Å². The van der Waals surface area contributed by atoms with Crippen LogP contribution in [-0.2, 0) is 6.18 Å². The molecule has 0 bridgehead atoms. The maximum atomic E-state index is 13.0. The fourth-order valence-corrected chi connectivity index (χ4v) is 3.52. The average Bonchev–Trinajstić information content (AvgIpc) is 2.90. The number of aromatic nitrogens is 1. The van der Waals surface area contributed by atoms with E-state index in [-0.39, 0.29) is 21.2 Å². The van der Waals surface area contributed by atoms with Gasteiger partial charge in [-0.3, -0.25) is 10.1 Å². The van der Waals surface area contributed by atoms with Crippen LogP contribution < -0.4 is 5.32 Å². The van der Waals surface area contributed by atoms with E-state index >= 15 is 0 Å². The number of carbonyl (C=O) groups is 1. The monoisotopic (exact) mass is 434 g/mol. The van der Waals surface area contributed by atoms with Crippen molar-refractivity contribution in [2.45, 2.75) is 6.18 Å². The zero-order valence-corrected chi connectivity index (χ0v) is 14.8. The van der Waals surface area contributed by atoms with E-state index < -0.39 is 17.6 Å². The Hall–Kier alpha value is -1.64. The van der Waals surface area contributed by atoms with Crippen LogP contribution in [0.3, 0.4) is 0 Å². The Morgan fingerprint density at radius 2 is 2.00 bits per heavy atom. The van der Waals surface area contributed by atoms with Crippen molar-refractivity contribution in [3.8, 4) is 0 Å². The third kappa shape index (κ3) is 3.40. The van der Waals surface area contributed by atoms with Gasteiger partial charge in [-0.2, -0.15) is 13.2 Å². The zero-order chi connectivity index (χ0) is 17.5. The minimum atomic E-state index is -4.51. The van der Waals surface area contributed by atoms with E-state index in [4.69, 9.17) is 11.6 Å². The third-order valence-electron chi connectivity index (χ3n) is 3.12. The quantitative estimate of drug-likeness (QED) is 0.538. The first-order chi connectivity index (χ1) is 11.3. The summed E-state index contributed by atoms with van der Waals surface area (Å²) in [5.74, 6) is -0.547. The number of para-hydroxylation sites is 1. The van der Waals surface area contributed by atoms with Crippen LogP contribution in [0, 0.1) is 0 Å². The maximum absolute atomic E-state index is 13.0. The molecule has 9 heteroatoms. The number of amides is 1. The van der Waals surface area contributed by atoms with Gasteiger partial charge < -0.3 is 0 Å². The molecule has 0 aliphatic carbocycles. The van der Waals surface area contributed by atoms with E-state index in [0.717, 1.165) is 17.4 Å². The molecule has 3 aromatic rings. The van der Waals surface area contributed by atoms with Crippen LogP contribution in [0.25, 0.3) is 10.2 Å². The van der Waals surface area contributed by atoms with Crippen molar-refractivity contribution in [2.24, 2.45) is 0 Å². The van der Waals surface area contributed by atoms with Gasteiger partial charge in [-0.15, -0.1) is 0 Å². The summed E-state index contributed by atoms with van der Waals surface area (Å²) in [7, 11) is 0. The molecule has 0 unspecified atom stereocenters. The molecule has 1 N–H and O–H groups in total.